The van der Waals surface area contributed by atoms with Crippen molar-refractivity contribution in [1.82, 2.24) is 5.32 Å². The van der Waals surface area contributed by atoms with Crippen LogP contribution in [0.25, 0.3) is 0 Å². The lowest BCUT2D eigenvalue weighted by atomic mass is 9.83. The summed E-state index contributed by atoms with van der Waals surface area (Å²) in [6.45, 7) is 8.43. The predicted octanol–water partition coefficient (Wildman–Crippen LogP) is 1.39. The molecule has 0 aromatic heterocycles. The lowest BCUT2D eigenvalue weighted by molar-refractivity contribution is 0.244. The average Bonchev–Trinajstić information content (AvgIpc) is 2.54. The first kappa shape index (κ1) is 9.47. The van der Waals surface area contributed by atoms with E-state index in [4.69, 9.17) is 5.11 Å². The zero-order chi connectivity index (χ0) is 9.69. The van der Waals surface area contributed by atoms with Crippen molar-refractivity contribution in [3.05, 3.63) is 0 Å². The average molecular weight is 183 g/mol. The summed E-state index contributed by atoms with van der Waals surface area (Å²) in [5.41, 5.74) is 0.998. The quantitative estimate of drug-likeness (QED) is 0.644. The van der Waals surface area contributed by atoms with Gasteiger partial charge in [0.05, 0.1) is 6.61 Å². The molecule has 2 unspecified atom stereocenters. The Bertz CT molecular complexity index is 209. The van der Waals surface area contributed by atoms with E-state index in [1.54, 1.807) is 0 Å². The molecule has 2 heteroatoms. The van der Waals surface area contributed by atoms with Crippen molar-refractivity contribution in [2.45, 2.75) is 39.7 Å². The van der Waals surface area contributed by atoms with Gasteiger partial charge in [-0.15, -0.1) is 0 Å². The van der Waals surface area contributed by atoms with Crippen LogP contribution in [0.1, 0.15) is 33.6 Å². The number of nitrogens with one attached hydrogen (secondary N) is 1. The smallest absolute Gasteiger partial charge is 0.0584 e. The minimum Gasteiger partial charge on any atom is -0.395 e. The Morgan fingerprint density at radius 3 is 2.46 bits per heavy atom. The summed E-state index contributed by atoms with van der Waals surface area (Å²) in [6.07, 6.45) is 2.55. The Morgan fingerprint density at radius 2 is 2.08 bits per heavy atom. The lowest BCUT2D eigenvalue weighted by Crippen LogP contribution is -2.24. The maximum Gasteiger partial charge on any atom is 0.0584 e. The molecule has 0 aromatic carbocycles. The molecule has 2 aliphatic rings. The first-order chi connectivity index (χ1) is 5.98. The highest BCUT2D eigenvalue weighted by atomic mass is 16.3. The SMILES string of the molecule is CC(C)(C)[C@H]1CC12CNC(CO)C2. The van der Waals surface area contributed by atoms with Crippen LogP contribution in [0.2, 0.25) is 0 Å². The van der Waals surface area contributed by atoms with E-state index in [2.05, 4.69) is 26.1 Å². The number of hydrogen-bond acceptors (Lipinski definition) is 2. The fraction of sp³-hybridized carbons (Fsp3) is 1.00. The summed E-state index contributed by atoms with van der Waals surface area (Å²) in [6, 6.07) is 0.368. The van der Waals surface area contributed by atoms with E-state index in [0.717, 1.165) is 12.5 Å². The van der Waals surface area contributed by atoms with E-state index >= 15 is 0 Å². The van der Waals surface area contributed by atoms with Gasteiger partial charge in [0.2, 0.25) is 0 Å². The number of aliphatic hydroxyl groups is 1. The Balaban J connectivity index is 1.98. The molecule has 1 aliphatic carbocycles. The first-order valence-corrected chi connectivity index (χ1v) is 5.32. The highest BCUT2D eigenvalue weighted by molar-refractivity contribution is 5.12. The van der Waals surface area contributed by atoms with Gasteiger partial charge >= 0.3 is 0 Å². The zero-order valence-electron chi connectivity index (χ0n) is 8.93. The molecule has 13 heavy (non-hydrogen) atoms. The van der Waals surface area contributed by atoms with Crippen LogP contribution in [0.4, 0.5) is 0 Å². The molecule has 0 bridgehead atoms. The first-order valence-electron chi connectivity index (χ1n) is 5.32. The van der Waals surface area contributed by atoms with E-state index in [0.29, 0.717) is 23.5 Å². The van der Waals surface area contributed by atoms with Crippen LogP contribution >= 0.6 is 0 Å². The van der Waals surface area contributed by atoms with Gasteiger partial charge in [-0.1, -0.05) is 20.8 Å². The molecule has 0 amide bonds. The van der Waals surface area contributed by atoms with Gasteiger partial charge in [-0.05, 0) is 29.6 Å². The fourth-order valence-electron chi connectivity index (χ4n) is 3.11. The van der Waals surface area contributed by atoms with E-state index in [-0.39, 0.29) is 0 Å². The Hall–Kier alpha value is -0.0800. The summed E-state index contributed by atoms with van der Waals surface area (Å²) in [4.78, 5) is 0. The molecule has 1 aliphatic heterocycles. The summed E-state index contributed by atoms with van der Waals surface area (Å²) >= 11 is 0. The molecule has 0 aromatic rings. The van der Waals surface area contributed by atoms with Crippen molar-refractivity contribution >= 4 is 0 Å². The standard InChI is InChI=1S/C11H21NO/c1-10(2,3)9-5-11(9)4-8(6-13)12-7-11/h8-9,12-13H,4-7H2,1-3H3/t8?,9-,11?/m1/s1. The van der Waals surface area contributed by atoms with Gasteiger partial charge in [0.15, 0.2) is 0 Å². The third kappa shape index (κ3) is 1.50. The normalized spacial score (nSPS) is 44.3. The summed E-state index contributed by atoms with van der Waals surface area (Å²) < 4.78 is 0. The van der Waals surface area contributed by atoms with Gasteiger partial charge in [0.1, 0.15) is 0 Å². The second-order valence-corrected chi connectivity index (χ2v) is 5.95. The second-order valence-electron chi connectivity index (χ2n) is 5.95. The van der Waals surface area contributed by atoms with Gasteiger partial charge in [-0.25, -0.2) is 0 Å². The zero-order valence-corrected chi connectivity index (χ0v) is 8.93. The van der Waals surface area contributed by atoms with Crippen molar-refractivity contribution in [2.24, 2.45) is 16.7 Å². The Kier molecular flexibility index (Phi) is 1.97. The van der Waals surface area contributed by atoms with E-state index in [1.165, 1.54) is 12.8 Å². The highest BCUT2D eigenvalue weighted by Gasteiger charge is 2.61. The van der Waals surface area contributed by atoms with Crippen molar-refractivity contribution < 1.29 is 5.11 Å². The molecule has 76 valence electrons. The Morgan fingerprint density at radius 1 is 1.38 bits per heavy atom. The monoisotopic (exact) mass is 183 g/mol. The number of rotatable bonds is 1. The molecular weight excluding hydrogens is 162 g/mol. The number of aliphatic hydroxyl groups excluding tert-OH is 1. The van der Waals surface area contributed by atoms with Gasteiger partial charge in [-0.3, -0.25) is 0 Å². The van der Waals surface area contributed by atoms with E-state index in [1.807, 2.05) is 0 Å². The van der Waals surface area contributed by atoms with Crippen LogP contribution in [-0.4, -0.2) is 24.3 Å². The van der Waals surface area contributed by atoms with Gasteiger partial charge in [0, 0.05) is 12.6 Å². The largest absolute Gasteiger partial charge is 0.395 e. The molecule has 2 nitrogen and oxygen atoms in total. The summed E-state index contributed by atoms with van der Waals surface area (Å²) in [5, 5.41) is 12.5. The van der Waals surface area contributed by atoms with Crippen LogP contribution in [0.5, 0.6) is 0 Å². The molecule has 1 heterocycles. The molecule has 1 saturated carbocycles. The van der Waals surface area contributed by atoms with Crippen LogP contribution in [0.3, 0.4) is 0 Å². The van der Waals surface area contributed by atoms with E-state index < -0.39 is 0 Å². The summed E-state index contributed by atoms with van der Waals surface area (Å²) in [7, 11) is 0. The van der Waals surface area contributed by atoms with Crippen molar-refractivity contribution in [1.29, 1.82) is 0 Å². The topological polar surface area (TPSA) is 32.3 Å². The minimum atomic E-state index is 0.304. The van der Waals surface area contributed by atoms with Crippen LogP contribution in [0, 0.1) is 16.7 Å². The molecule has 1 saturated heterocycles. The number of hydrogen-bond donors (Lipinski definition) is 2. The van der Waals surface area contributed by atoms with Crippen LogP contribution in [-0.2, 0) is 0 Å². The predicted molar refractivity (Wildman–Crippen MR) is 53.5 cm³/mol. The maximum atomic E-state index is 9.05. The van der Waals surface area contributed by atoms with Crippen LogP contribution in [0.15, 0.2) is 0 Å². The molecule has 0 radical (unpaired) electrons. The molecular formula is C11H21NO. The molecule has 3 atom stereocenters. The van der Waals surface area contributed by atoms with Gasteiger partial charge in [-0.2, -0.15) is 0 Å². The van der Waals surface area contributed by atoms with Crippen LogP contribution < -0.4 is 5.32 Å². The Labute approximate surface area is 80.7 Å². The van der Waals surface area contributed by atoms with Gasteiger partial charge in [0.25, 0.3) is 0 Å². The van der Waals surface area contributed by atoms with Gasteiger partial charge < -0.3 is 10.4 Å². The summed E-state index contributed by atoms with van der Waals surface area (Å²) in [5.74, 6) is 0.865. The fourth-order valence-corrected chi connectivity index (χ4v) is 3.11. The second kappa shape index (κ2) is 2.71. The highest BCUT2D eigenvalue weighted by Crippen LogP contribution is 2.64. The molecule has 1 spiro atoms. The van der Waals surface area contributed by atoms with Crippen molar-refractivity contribution in [2.75, 3.05) is 13.2 Å². The third-order valence-electron chi connectivity index (χ3n) is 3.85. The molecule has 2 rings (SSSR count). The maximum absolute atomic E-state index is 9.05. The van der Waals surface area contributed by atoms with E-state index in [9.17, 15) is 0 Å². The minimum absolute atomic E-state index is 0.304. The lowest BCUT2D eigenvalue weighted by Gasteiger charge is -2.21. The van der Waals surface area contributed by atoms with Crippen molar-refractivity contribution in [3.8, 4) is 0 Å². The molecule has 2 N–H and O–H groups in total. The molecule has 2 fully saturated rings. The third-order valence-corrected chi connectivity index (χ3v) is 3.85. The van der Waals surface area contributed by atoms with Crippen molar-refractivity contribution in [3.63, 3.8) is 0 Å².